The second-order valence-electron chi connectivity index (χ2n) is 7.31. The number of carbonyl (C=O) groups is 1. The van der Waals surface area contributed by atoms with Gasteiger partial charge in [-0.1, -0.05) is 0 Å². The minimum absolute atomic E-state index is 0.197. The van der Waals surface area contributed by atoms with E-state index in [0.717, 1.165) is 37.6 Å². The van der Waals surface area contributed by atoms with Gasteiger partial charge in [0.25, 0.3) is 11.5 Å². The maximum absolute atomic E-state index is 12.4. The van der Waals surface area contributed by atoms with Crippen molar-refractivity contribution in [3.63, 3.8) is 0 Å². The number of aromatic amines is 2. The van der Waals surface area contributed by atoms with Gasteiger partial charge in [-0.3, -0.25) is 19.1 Å². The first-order valence-electron chi connectivity index (χ1n) is 10.00. The Labute approximate surface area is 172 Å². The molecule has 3 aromatic rings. The van der Waals surface area contributed by atoms with Crippen LogP contribution in [-0.2, 0) is 13.1 Å². The first-order valence-corrected chi connectivity index (χ1v) is 10.00. The van der Waals surface area contributed by atoms with E-state index in [9.17, 15) is 14.4 Å². The van der Waals surface area contributed by atoms with E-state index in [-0.39, 0.29) is 17.2 Å². The Kier molecular flexibility index (Phi) is 5.40. The third kappa shape index (κ3) is 3.73. The van der Waals surface area contributed by atoms with Crippen LogP contribution in [0.1, 0.15) is 23.1 Å². The van der Waals surface area contributed by atoms with Crippen molar-refractivity contribution in [1.29, 1.82) is 0 Å². The monoisotopic (exact) mass is 411 g/mol. The predicted octanol–water partition coefficient (Wildman–Crippen LogP) is 0.115. The smallest absolute Gasteiger partial charge is 0.328 e. The van der Waals surface area contributed by atoms with Crippen molar-refractivity contribution in [2.24, 2.45) is 0 Å². The molecule has 0 unspecified atom stereocenters. The molecule has 1 aliphatic heterocycles. The predicted molar refractivity (Wildman–Crippen MR) is 114 cm³/mol. The second-order valence-corrected chi connectivity index (χ2v) is 7.31. The van der Waals surface area contributed by atoms with E-state index in [1.165, 1.54) is 4.57 Å². The highest BCUT2D eigenvalue weighted by atomic mass is 16.2. The Bertz CT molecular complexity index is 1170. The number of hydrogen-bond donors (Lipinski definition) is 3. The molecule has 0 aromatic carbocycles. The largest absolute Gasteiger partial charge is 0.368 e. The van der Waals surface area contributed by atoms with Crippen LogP contribution in [0.5, 0.6) is 0 Å². The number of pyridine rings is 1. The van der Waals surface area contributed by atoms with E-state index in [4.69, 9.17) is 0 Å². The van der Waals surface area contributed by atoms with Crippen LogP contribution < -0.4 is 21.5 Å². The number of rotatable bonds is 5. The molecule has 1 saturated heterocycles. The number of nitrogens with zero attached hydrogens (tertiary/aromatic N) is 4. The summed E-state index contributed by atoms with van der Waals surface area (Å²) in [6.07, 6.45) is 1.73. The average molecular weight is 411 g/mol. The lowest BCUT2D eigenvalue weighted by atomic mass is 10.2. The lowest BCUT2D eigenvalue weighted by molar-refractivity contribution is 0.0958. The highest BCUT2D eigenvalue weighted by Gasteiger charge is 2.19. The SMILES string of the molecule is CCn1c(=O)[nH]c2cc(CN3CCN(c4ccc(C(=O)NC)nc4)CC3)[nH]c2c1=O. The van der Waals surface area contributed by atoms with E-state index in [1.54, 1.807) is 26.2 Å². The molecule has 10 heteroatoms. The molecule has 10 nitrogen and oxygen atoms in total. The van der Waals surface area contributed by atoms with Gasteiger partial charge in [0, 0.05) is 52.0 Å². The topological polar surface area (TPSA) is 119 Å². The van der Waals surface area contributed by atoms with Gasteiger partial charge in [0.05, 0.1) is 17.4 Å². The van der Waals surface area contributed by atoms with Crippen LogP contribution in [0.15, 0.2) is 34.0 Å². The van der Waals surface area contributed by atoms with Crippen LogP contribution in [0.3, 0.4) is 0 Å². The molecule has 1 aliphatic rings. The summed E-state index contributed by atoms with van der Waals surface area (Å²) in [5, 5.41) is 2.57. The van der Waals surface area contributed by atoms with Gasteiger partial charge >= 0.3 is 5.69 Å². The summed E-state index contributed by atoms with van der Waals surface area (Å²) >= 11 is 0. The van der Waals surface area contributed by atoms with Gasteiger partial charge in [-0.05, 0) is 25.1 Å². The van der Waals surface area contributed by atoms with E-state index >= 15 is 0 Å². The standard InChI is InChI=1S/C20H25N7O3/c1-3-27-19(29)17-16(24-20(27)30)10-13(23-17)12-25-6-8-26(9-7-25)14-4-5-15(22-11-14)18(28)21-2/h4-5,10-11,23H,3,6-9,12H2,1-2H3,(H,21,28)(H,24,30). The van der Waals surface area contributed by atoms with Gasteiger partial charge in [-0.2, -0.15) is 0 Å². The summed E-state index contributed by atoms with van der Waals surface area (Å²) in [5.74, 6) is -0.197. The lowest BCUT2D eigenvalue weighted by Gasteiger charge is -2.35. The molecule has 158 valence electrons. The van der Waals surface area contributed by atoms with Crippen molar-refractivity contribution in [3.05, 3.63) is 56.6 Å². The normalized spacial score (nSPS) is 14.9. The molecule has 1 amide bonds. The first-order chi connectivity index (χ1) is 14.5. The second kappa shape index (κ2) is 8.15. The fourth-order valence-corrected chi connectivity index (χ4v) is 3.80. The first kappa shape index (κ1) is 19.9. The summed E-state index contributed by atoms with van der Waals surface area (Å²) in [4.78, 5) is 50.7. The molecule has 3 N–H and O–H groups in total. The van der Waals surface area contributed by atoms with Gasteiger partial charge in [-0.15, -0.1) is 0 Å². The van der Waals surface area contributed by atoms with Gasteiger partial charge < -0.3 is 20.2 Å². The summed E-state index contributed by atoms with van der Waals surface area (Å²) in [6, 6.07) is 5.49. The number of carbonyl (C=O) groups excluding carboxylic acids is 1. The number of anilines is 1. The van der Waals surface area contributed by atoms with E-state index in [0.29, 0.717) is 29.8 Å². The Morgan fingerprint density at radius 1 is 1.17 bits per heavy atom. The van der Waals surface area contributed by atoms with Crippen molar-refractivity contribution in [2.75, 3.05) is 38.1 Å². The molecule has 0 atom stereocenters. The molecule has 0 aliphatic carbocycles. The Balaban J connectivity index is 1.41. The van der Waals surface area contributed by atoms with Crippen molar-refractivity contribution in [3.8, 4) is 0 Å². The zero-order valence-electron chi connectivity index (χ0n) is 17.1. The maximum Gasteiger partial charge on any atom is 0.328 e. The molecule has 4 rings (SSSR count). The summed E-state index contributed by atoms with van der Waals surface area (Å²) in [5.41, 5.74) is 2.60. The third-order valence-corrected chi connectivity index (χ3v) is 5.47. The van der Waals surface area contributed by atoms with Crippen molar-refractivity contribution < 1.29 is 4.79 Å². The quantitative estimate of drug-likeness (QED) is 0.549. The van der Waals surface area contributed by atoms with Crippen LogP contribution >= 0.6 is 0 Å². The molecule has 4 heterocycles. The molecule has 1 fully saturated rings. The highest BCUT2D eigenvalue weighted by molar-refractivity contribution is 5.92. The van der Waals surface area contributed by atoms with Crippen molar-refractivity contribution >= 4 is 22.6 Å². The number of hydrogen-bond acceptors (Lipinski definition) is 6. The van der Waals surface area contributed by atoms with Crippen molar-refractivity contribution in [1.82, 2.24) is 29.7 Å². The fraction of sp³-hybridized carbons (Fsp3) is 0.400. The fourth-order valence-electron chi connectivity index (χ4n) is 3.80. The van der Waals surface area contributed by atoms with Crippen molar-refractivity contribution in [2.45, 2.75) is 20.0 Å². The van der Waals surface area contributed by atoms with E-state index < -0.39 is 0 Å². The zero-order valence-corrected chi connectivity index (χ0v) is 17.1. The molecule has 0 saturated carbocycles. The Morgan fingerprint density at radius 3 is 2.57 bits per heavy atom. The molecule has 0 bridgehead atoms. The highest BCUT2D eigenvalue weighted by Crippen LogP contribution is 2.17. The Hall–Kier alpha value is -3.40. The summed E-state index contributed by atoms with van der Waals surface area (Å²) in [6.45, 7) is 6.14. The van der Waals surface area contributed by atoms with Crippen LogP contribution in [0.2, 0.25) is 0 Å². The third-order valence-electron chi connectivity index (χ3n) is 5.47. The van der Waals surface area contributed by atoms with Crippen LogP contribution in [0, 0.1) is 0 Å². The van der Waals surface area contributed by atoms with E-state index in [2.05, 4.69) is 30.1 Å². The van der Waals surface area contributed by atoms with Gasteiger partial charge in [0.15, 0.2) is 0 Å². The van der Waals surface area contributed by atoms with Gasteiger partial charge in [-0.25, -0.2) is 9.78 Å². The molecular weight excluding hydrogens is 386 g/mol. The van der Waals surface area contributed by atoms with Crippen LogP contribution in [-0.4, -0.2) is 63.6 Å². The molecule has 3 aromatic heterocycles. The molecular formula is C20H25N7O3. The molecule has 0 spiro atoms. The number of aromatic nitrogens is 4. The van der Waals surface area contributed by atoms with Gasteiger partial charge in [0.2, 0.25) is 0 Å². The summed E-state index contributed by atoms with van der Waals surface area (Å²) in [7, 11) is 1.58. The van der Waals surface area contributed by atoms with Gasteiger partial charge in [0.1, 0.15) is 11.2 Å². The zero-order chi connectivity index (χ0) is 21.3. The molecule has 0 radical (unpaired) electrons. The van der Waals surface area contributed by atoms with E-state index in [1.807, 2.05) is 12.1 Å². The summed E-state index contributed by atoms with van der Waals surface area (Å²) < 4.78 is 1.19. The minimum atomic E-state index is -0.384. The minimum Gasteiger partial charge on any atom is -0.368 e. The number of nitrogens with one attached hydrogen (secondary N) is 3. The average Bonchev–Trinajstić information content (AvgIpc) is 3.16. The lowest BCUT2D eigenvalue weighted by Crippen LogP contribution is -2.46. The van der Waals surface area contributed by atoms with Crippen LogP contribution in [0.25, 0.3) is 11.0 Å². The maximum atomic E-state index is 12.4. The van der Waals surface area contributed by atoms with Crippen LogP contribution in [0.4, 0.5) is 5.69 Å². The molecule has 30 heavy (non-hydrogen) atoms. The number of amides is 1. The number of piperazine rings is 1. The number of H-pyrrole nitrogens is 2. The Morgan fingerprint density at radius 2 is 1.93 bits per heavy atom. The number of fused-ring (bicyclic) bond motifs is 1.